The molecule has 0 heterocycles. The van der Waals surface area contributed by atoms with E-state index in [9.17, 15) is 24.6 Å². The van der Waals surface area contributed by atoms with Crippen molar-refractivity contribution in [3.05, 3.63) is 35.9 Å². The SMILES string of the molecule is O=C(N[C@@]1(C(=O)O)CC2(CC2)[C@H]2[C@H](C(=O)O)[C@H]21)OCc1ccccc1. The van der Waals surface area contributed by atoms with Gasteiger partial charge in [0.1, 0.15) is 12.1 Å². The zero-order valence-corrected chi connectivity index (χ0v) is 13.5. The largest absolute Gasteiger partial charge is 0.481 e. The number of ether oxygens (including phenoxy) is 1. The molecule has 3 aliphatic rings. The van der Waals surface area contributed by atoms with Crippen LogP contribution < -0.4 is 5.32 Å². The third kappa shape index (κ3) is 2.37. The number of rotatable bonds is 5. The molecule has 0 bridgehead atoms. The molecule has 1 amide bonds. The molecule has 1 aromatic rings. The zero-order valence-electron chi connectivity index (χ0n) is 13.5. The van der Waals surface area contributed by atoms with Gasteiger partial charge in [0.25, 0.3) is 0 Å². The number of benzene rings is 1. The Morgan fingerprint density at radius 1 is 1.12 bits per heavy atom. The Labute approximate surface area is 144 Å². The average Bonchev–Trinajstić information content (AvgIpc) is 3.45. The number of carbonyl (C=O) groups excluding carboxylic acids is 1. The lowest BCUT2D eigenvalue weighted by Gasteiger charge is -2.29. The van der Waals surface area contributed by atoms with Crippen LogP contribution in [0.3, 0.4) is 0 Å². The van der Waals surface area contributed by atoms with Crippen molar-refractivity contribution in [3.8, 4) is 0 Å². The number of amides is 1. The summed E-state index contributed by atoms with van der Waals surface area (Å²) in [6.45, 7) is 0.0317. The Bertz CT molecular complexity index is 743. The first-order valence-corrected chi connectivity index (χ1v) is 8.35. The highest BCUT2D eigenvalue weighted by Gasteiger charge is 2.82. The van der Waals surface area contributed by atoms with Crippen molar-refractivity contribution in [1.82, 2.24) is 5.32 Å². The minimum absolute atomic E-state index is 0.0317. The molecule has 7 heteroatoms. The Morgan fingerprint density at radius 2 is 1.80 bits per heavy atom. The van der Waals surface area contributed by atoms with Crippen LogP contribution in [0.5, 0.6) is 0 Å². The highest BCUT2D eigenvalue weighted by molar-refractivity contribution is 5.89. The summed E-state index contributed by atoms with van der Waals surface area (Å²) in [5.74, 6) is -3.57. The summed E-state index contributed by atoms with van der Waals surface area (Å²) < 4.78 is 5.16. The monoisotopic (exact) mass is 345 g/mol. The number of carbonyl (C=O) groups is 3. The first-order chi connectivity index (χ1) is 11.9. The number of hydrogen-bond acceptors (Lipinski definition) is 4. The second-order valence-electron chi connectivity index (χ2n) is 7.42. The van der Waals surface area contributed by atoms with Gasteiger partial charge in [-0.3, -0.25) is 4.79 Å². The Kier molecular flexibility index (Phi) is 3.32. The van der Waals surface area contributed by atoms with Crippen molar-refractivity contribution in [2.24, 2.45) is 23.2 Å². The summed E-state index contributed by atoms with van der Waals surface area (Å²) in [6.07, 6.45) is 1.12. The summed E-state index contributed by atoms with van der Waals surface area (Å²) in [6, 6.07) is 9.07. The van der Waals surface area contributed by atoms with Crippen molar-refractivity contribution in [3.63, 3.8) is 0 Å². The van der Waals surface area contributed by atoms with Crippen molar-refractivity contribution in [2.45, 2.75) is 31.4 Å². The standard InChI is InChI=1S/C18H19NO6/c20-14(21)11-12-13(11)18(15(22)23,9-17(12)6-7-17)19-16(24)25-8-10-4-2-1-3-5-10/h1-5,11-13H,6-9H2,(H,19,24)(H,20,21)(H,22,23)/t11-,12-,13+,18-/m0/s1. The molecule has 132 valence electrons. The van der Waals surface area contributed by atoms with E-state index in [0.29, 0.717) is 0 Å². The first kappa shape index (κ1) is 15.9. The van der Waals surface area contributed by atoms with Crippen LogP contribution >= 0.6 is 0 Å². The molecule has 4 atom stereocenters. The lowest BCUT2D eigenvalue weighted by Crippen LogP contribution is -2.56. The van der Waals surface area contributed by atoms with E-state index in [1.807, 2.05) is 18.2 Å². The molecular formula is C18H19NO6. The summed E-state index contributed by atoms with van der Waals surface area (Å²) in [4.78, 5) is 35.7. The summed E-state index contributed by atoms with van der Waals surface area (Å²) >= 11 is 0. The maximum absolute atomic E-state index is 12.2. The van der Waals surface area contributed by atoms with Gasteiger partial charge in [-0.25, -0.2) is 9.59 Å². The summed E-state index contributed by atoms with van der Waals surface area (Å²) in [5.41, 5.74) is -0.989. The maximum atomic E-state index is 12.2. The molecule has 0 unspecified atom stereocenters. The normalized spacial score (nSPS) is 33.4. The topological polar surface area (TPSA) is 113 Å². The van der Waals surface area contributed by atoms with Gasteiger partial charge < -0.3 is 20.3 Å². The van der Waals surface area contributed by atoms with Crippen LogP contribution in [-0.2, 0) is 20.9 Å². The molecule has 3 fully saturated rings. The lowest BCUT2D eigenvalue weighted by atomic mass is 9.85. The van der Waals surface area contributed by atoms with Crippen LogP contribution in [-0.4, -0.2) is 33.8 Å². The Hall–Kier alpha value is -2.57. The fraction of sp³-hybridized carbons (Fsp3) is 0.500. The molecule has 0 radical (unpaired) electrons. The number of nitrogens with one attached hydrogen (secondary N) is 1. The molecule has 25 heavy (non-hydrogen) atoms. The predicted octanol–water partition coefficient (Wildman–Crippen LogP) is 1.87. The number of fused-ring (bicyclic) bond motifs is 2. The first-order valence-electron chi connectivity index (χ1n) is 8.35. The zero-order chi connectivity index (χ0) is 17.8. The Balaban J connectivity index is 1.49. The predicted molar refractivity (Wildman–Crippen MR) is 84.5 cm³/mol. The van der Waals surface area contributed by atoms with Crippen molar-refractivity contribution in [1.29, 1.82) is 0 Å². The highest BCUT2D eigenvalue weighted by atomic mass is 16.5. The molecule has 0 aromatic heterocycles. The minimum Gasteiger partial charge on any atom is -0.481 e. The van der Waals surface area contributed by atoms with E-state index in [1.165, 1.54) is 0 Å². The van der Waals surface area contributed by atoms with Gasteiger partial charge in [-0.2, -0.15) is 0 Å². The van der Waals surface area contributed by atoms with Crippen LogP contribution in [0.1, 0.15) is 24.8 Å². The maximum Gasteiger partial charge on any atom is 0.408 e. The smallest absolute Gasteiger partial charge is 0.408 e. The van der Waals surface area contributed by atoms with Crippen LogP contribution in [0.2, 0.25) is 0 Å². The fourth-order valence-corrected chi connectivity index (χ4v) is 4.80. The molecule has 3 N–H and O–H groups in total. The van der Waals surface area contributed by atoms with E-state index < -0.39 is 35.4 Å². The number of alkyl carbamates (subject to hydrolysis) is 1. The molecular weight excluding hydrogens is 326 g/mol. The van der Waals surface area contributed by atoms with Gasteiger partial charge in [0.15, 0.2) is 0 Å². The van der Waals surface area contributed by atoms with Gasteiger partial charge >= 0.3 is 18.0 Å². The van der Waals surface area contributed by atoms with E-state index in [-0.39, 0.29) is 24.4 Å². The molecule has 1 spiro atoms. The van der Waals surface area contributed by atoms with Crippen LogP contribution in [0.25, 0.3) is 0 Å². The molecule has 0 saturated heterocycles. The second-order valence-corrected chi connectivity index (χ2v) is 7.42. The molecule has 3 aliphatic carbocycles. The molecule has 4 rings (SSSR count). The van der Waals surface area contributed by atoms with Crippen molar-refractivity contribution >= 4 is 18.0 Å². The third-order valence-corrected chi connectivity index (χ3v) is 6.02. The van der Waals surface area contributed by atoms with Gasteiger partial charge in [-0.05, 0) is 36.2 Å². The van der Waals surface area contributed by atoms with Crippen LogP contribution in [0.15, 0.2) is 30.3 Å². The number of carboxylic acids is 2. The van der Waals surface area contributed by atoms with Crippen LogP contribution in [0, 0.1) is 23.2 Å². The lowest BCUT2D eigenvalue weighted by molar-refractivity contribution is -0.147. The second kappa shape index (κ2) is 5.21. The highest BCUT2D eigenvalue weighted by Crippen LogP contribution is 2.78. The van der Waals surface area contributed by atoms with Gasteiger partial charge in [0, 0.05) is 5.92 Å². The van der Waals surface area contributed by atoms with E-state index in [2.05, 4.69) is 5.32 Å². The van der Waals surface area contributed by atoms with Crippen molar-refractivity contribution in [2.75, 3.05) is 0 Å². The molecule has 1 aromatic carbocycles. The quantitative estimate of drug-likeness (QED) is 0.751. The number of carboxylic acid groups (broad SMARTS) is 2. The average molecular weight is 345 g/mol. The van der Waals surface area contributed by atoms with Gasteiger partial charge in [0.2, 0.25) is 0 Å². The van der Waals surface area contributed by atoms with Gasteiger partial charge in [0.05, 0.1) is 5.92 Å². The molecule has 3 saturated carbocycles. The number of hydrogen-bond donors (Lipinski definition) is 3. The van der Waals surface area contributed by atoms with Gasteiger partial charge in [-0.15, -0.1) is 0 Å². The summed E-state index contributed by atoms with van der Waals surface area (Å²) in [7, 11) is 0. The summed E-state index contributed by atoms with van der Waals surface area (Å²) in [5, 5.41) is 21.7. The van der Waals surface area contributed by atoms with E-state index in [4.69, 9.17) is 4.74 Å². The molecule has 7 nitrogen and oxygen atoms in total. The van der Waals surface area contributed by atoms with E-state index in [1.54, 1.807) is 12.1 Å². The number of aliphatic carboxylic acids is 2. The fourth-order valence-electron chi connectivity index (χ4n) is 4.80. The van der Waals surface area contributed by atoms with Crippen LogP contribution in [0.4, 0.5) is 4.79 Å². The molecule has 0 aliphatic heterocycles. The minimum atomic E-state index is -1.54. The van der Waals surface area contributed by atoms with Crippen molar-refractivity contribution < 1.29 is 29.3 Å². The van der Waals surface area contributed by atoms with E-state index >= 15 is 0 Å². The Morgan fingerprint density at radius 3 is 2.36 bits per heavy atom. The van der Waals surface area contributed by atoms with E-state index in [0.717, 1.165) is 18.4 Å². The third-order valence-electron chi connectivity index (χ3n) is 6.02. The van der Waals surface area contributed by atoms with Gasteiger partial charge in [-0.1, -0.05) is 30.3 Å².